The van der Waals surface area contributed by atoms with Gasteiger partial charge < -0.3 is 14.2 Å². The minimum Gasteiger partial charge on any atom is -0.462 e. The lowest BCUT2D eigenvalue weighted by molar-refractivity contribution is -0.303. The molecule has 8 heteroatoms. The number of ether oxygens (including phenoxy) is 3. The van der Waals surface area contributed by atoms with E-state index in [4.69, 9.17) is 24.0 Å². The fourth-order valence-corrected chi connectivity index (χ4v) is 2.23. The van der Waals surface area contributed by atoms with Crippen molar-refractivity contribution >= 4 is 17.9 Å². The van der Waals surface area contributed by atoms with Gasteiger partial charge in [-0.2, -0.15) is 0 Å². The molecule has 0 aliphatic carbocycles. The highest BCUT2D eigenvalue weighted by Gasteiger charge is 2.25. The van der Waals surface area contributed by atoms with Crippen LogP contribution in [0.3, 0.4) is 0 Å². The first-order valence-corrected chi connectivity index (χ1v) is 9.42. The summed E-state index contributed by atoms with van der Waals surface area (Å²) in [5, 5.41) is 0. The Morgan fingerprint density at radius 2 is 1.21 bits per heavy atom. The van der Waals surface area contributed by atoms with Crippen molar-refractivity contribution in [2.75, 3.05) is 26.4 Å². The number of esters is 3. The maximum atomic E-state index is 12.5. The lowest BCUT2D eigenvalue weighted by Crippen LogP contribution is -2.18. The summed E-state index contributed by atoms with van der Waals surface area (Å²) in [5.41, 5.74) is 0.362. The number of benzene rings is 1. The van der Waals surface area contributed by atoms with Gasteiger partial charge in [-0.25, -0.2) is 24.2 Å². The van der Waals surface area contributed by atoms with Crippen LogP contribution in [0.15, 0.2) is 12.1 Å². The third kappa shape index (κ3) is 6.94. The van der Waals surface area contributed by atoms with Crippen LogP contribution in [0.4, 0.5) is 0 Å². The summed E-state index contributed by atoms with van der Waals surface area (Å²) in [4.78, 5) is 47.3. The summed E-state index contributed by atoms with van der Waals surface area (Å²) >= 11 is 0. The van der Waals surface area contributed by atoms with Gasteiger partial charge in [-0.15, -0.1) is 0 Å². The van der Waals surface area contributed by atoms with Crippen molar-refractivity contribution in [2.45, 2.75) is 47.1 Å². The Hall–Kier alpha value is -2.45. The zero-order chi connectivity index (χ0) is 20.9. The highest BCUT2D eigenvalue weighted by molar-refractivity contribution is 6.05. The third-order valence-electron chi connectivity index (χ3n) is 3.48. The van der Waals surface area contributed by atoms with Crippen molar-refractivity contribution in [3.8, 4) is 0 Å². The molecule has 1 aromatic carbocycles. The maximum Gasteiger partial charge on any atom is 0.339 e. The van der Waals surface area contributed by atoms with Crippen molar-refractivity contribution in [3.05, 3.63) is 34.4 Å². The van der Waals surface area contributed by atoms with Gasteiger partial charge in [0.05, 0.1) is 43.1 Å². The SMILES string of the molecule is CCCOOCc1cc(C(=O)OCC)c(C(=O)OCC)cc1C(=O)OCCC. The Bertz CT molecular complexity index is 668. The Kier molecular flexibility index (Phi) is 10.8. The number of hydrogen-bond donors (Lipinski definition) is 0. The van der Waals surface area contributed by atoms with Crippen LogP contribution in [0, 0.1) is 0 Å². The molecule has 28 heavy (non-hydrogen) atoms. The van der Waals surface area contributed by atoms with Gasteiger partial charge in [0.15, 0.2) is 0 Å². The van der Waals surface area contributed by atoms with Gasteiger partial charge in [0.2, 0.25) is 0 Å². The molecule has 0 saturated carbocycles. The van der Waals surface area contributed by atoms with E-state index in [1.54, 1.807) is 13.8 Å². The van der Waals surface area contributed by atoms with Crippen LogP contribution >= 0.6 is 0 Å². The largest absolute Gasteiger partial charge is 0.462 e. The zero-order valence-electron chi connectivity index (χ0n) is 16.9. The van der Waals surface area contributed by atoms with Crippen molar-refractivity contribution in [3.63, 3.8) is 0 Å². The standard InChI is InChI=1S/C20H28O8/c1-5-9-26-18(21)15-12-17(20(23)25-8-4)16(19(22)24-7-3)11-14(15)13-28-27-10-6-2/h11-12H,5-10,13H2,1-4H3. The van der Waals surface area contributed by atoms with E-state index in [0.29, 0.717) is 18.6 Å². The molecule has 8 nitrogen and oxygen atoms in total. The molecule has 0 amide bonds. The Balaban J connectivity index is 3.38. The first kappa shape index (κ1) is 23.6. The van der Waals surface area contributed by atoms with E-state index in [9.17, 15) is 14.4 Å². The Morgan fingerprint density at radius 1 is 0.679 bits per heavy atom. The molecule has 0 aliphatic rings. The topological polar surface area (TPSA) is 97.4 Å². The number of rotatable bonds is 12. The summed E-state index contributed by atoms with van der Waals surface area (Å²) in [5.74, 6) is -2.06. The third-order valence-corrected chi connectivity index (χ3v) is 3.48. The average Bonchev–Trinajstić information content (AvgIpc) is 2.69. The van der Waals surface area contributed by atoms with Gasteiger partial charge in [-0.3, -0.25) is 0 Å². The van der Waals surface area contributed by atoms with Crippen molar-refractivity contribution in [1.29, 1.82) is 0 Å². The van der Waals surface area contributed by atoms with Crippen LogP contribution in [0.2, 0.25) is 0 Å². The fraction of sp³-hybridized carbons (Fsp3) is 0.550. The molecule has 0 heterocycles. The van der Waals surface area contributed by atoms with Crippen molar-refractivity contribution in [1.82, 2.24) is 0 Å². The normalized spacial score (nSPS) is 10.4. The highest BCUT2D eigenvalue weighted by atomic mass is 17.2. The van der Waals surface area contributed by atoms with Gasteiger partial charge in [-0.1, -0.05) is 13.8 Å². The molecular weight excluding hydrogens is 368 g/mol. The molecule has 0 atom stereocenters. The molecule has 0 radical (unpaired) electrons. The summed E-state index contributed by atoms with van der Waals surface area (Å²) in [7, 11) is 0. The second-order valence-corrected chi connectivity index (χ2v) is 5.72. The molecule has 0 aliphatic heterocycles. The Morgan fingerprint density at radius 3 is 1.75 bits per heavy atom. The summed E-state index contributed by atoms with van der Waals surface area (Å²) < 4.78 is 15.2. The fourth-order valence-electron chi connectivity index (χ4n) is 2.23. The minimum atomic E-state index is -0.732. The minimum absolute atomic E-state index is 0.0126. The van der Waals surface area contributed by atoms with Gasteiger partial charge in [-0.05, 0) is 44.4 Å². The van der Waals surface area contributed by atoms with Crippen LogP contribution in [-0.2, 0) is 30.6 Å². The number of carbonyl (C=O) groups excluding carboxylic acids is 3. The van der Waals surface area contributed by atoms with Gasteiger partial charge in [0.25, 0.3) is 0 Å². The smallest absolute Gasteiger partial charge is 0.339 e. The summed E-state index contributed by atoms with van der Waals surface area (Å²) in [6.07, 6.45) is 1.39. The molecule has 156 valence electrons. The predicted molar refractivity (Wildman–Crippen MR) is 100.0 cm³/mol. The second-order valence-electron chi connectivity index (χ2n) is 5.72. The summed E-state index contributed by atoms with van der Waals surface area (Å²) in [6, 6.07) is 2.66. The molecule has 0 saturated heterocycles. The van der Waals surface area contributed by atoms with Crippen molar-refractivity contribution in [2.24, 2.45) is 0 Å². The van der Waals surface area contributed by atoms with Gasteiger partial charge in [0.1, 0.15) is 6.61 Å². The number of hydrogen-bond acceptors (Lipinski definition) is 8. The molecule has 0 bridgehead atoms. The first-order chi connectivity index (χ1) is 13.5. The quantitative estimate of drug-likeness (QED) is 0.174. The molecule has 0 aromatic heterocycles. The van der Waals surface area contributed by atoms with E-state index in [1.807, 2.05) is 13.8 Å². The van der Waals surface area contributed by atoms with Crippen LogP contribution in [-0.4, -0.2) is 44.3 Å². The van der Waals surface area contributed by atoms with E-state index < -0.39 is 17.9 Å². The van der Waals surface area contributed by atoms with Crippen LogP contribution in [0.5, 0.6) is 0 Å². The van der Waals surface area contributed by atoms with Gasteiger partial charge >= 0.3 is 17.9 Å². The van der Waals surface area contributed by atoms with E-state index in [1.165, 1.54) is 12.1 Å². The highest BCUT2D eigenvalue weighted by Crippen LogP contribution is 2.22. The van der Waals surface area contributed by atoms with Crippen molar-refractivity contribution < 1.29 is 38.4 Å². The second kappa shape index (κ2) is 12.9. The van der Waals surface area contributed by atoms with Gasteiger partial charge in [0, 0.05) is 0 Å². The van der Waals surface area contributed by atoms with E-state index in [-0.39, 0.29) is 43.1 Å². The maximum absolute atomic E-state index is 12.5. The van der Waals surface area contributed by atoms with E-state index in [2.05, 4.69) is 0 Å². The first-order valence-electron chi connectivity index (χ1n) is 9.42. The predicted octanol–water partition coefficient (Wildman–Crippen LogP) is 3.47. The lowest BCUT2D eigenvalue weighted by atomic mass is 9.98. The lowest BCUT2D eigenvalue weighted by Gasteiger charge is -2.15. The van der Waals surface area contributed by atoms with E-state index in [0.717, 1.165) is 6.42 Å². The van der Waals surface area contributed by atoms with Crippen LogP contribution in [0.25, 0.3) is 0 Å². The monoisotopic (exact) mass is 396 g/mol. The molecular formula is C20H28O8. The molecule has 1 rings (SSSR count). The van der Waals surface area contributed by atoms with Crippen LogP contribution in [0.1, 0.15) is 77.2 Å². The average molecular weight is 396 g/mol. The molecule has 0 spiro atoms. The Labute approximate surface area is 165 Å². The molecule has 0 N–H and O–H groups in total. The molecule has 1 aromatic rings. The molecule has 0 unspecified atom stereocenters. The summed E-state index contributed by atoms with van der Waals surface area (Å²) in [6.45, 7) is 7.83. The van der Waals surface area contributed by atoms with E-state index >= 15 is 0 Å². The zero-order valence-corrected chi connectivity index (χ0v) is 16.9. The molecule has 0 fully saturated rings. The van der Waals surface area contributed by atoms with Crippen LogP contribution < -0.4 is 0 Å². The number of carbonyl (C=O) groups is 3.